The molecule has 0 aliphatic carbocycles. The van der Waals surface area contributed by atoms with Gasteiger partial charge in [0.15, 0.2) is 0 Å². The molecule has 1 aromatic rings. The number of rotatable bonds is 4. The van der Waals surface area contributed by atoms with Gasteiger partial charge in [0.25, 0.3) is 0 Å². The zero-order valence-electron chi connectivity index (χ0n) is 16.6. The van der Waals surface area contributed by atoms with Gasteiger partial charge in [0.2, 0.25) is 0 Å². The molecule has 28 heavy (non-hydrogen) atoms. The highest BCUT2D eigenvalue weighted by Crippen LogP contribution is 2.20. The average Bonchev–Trinajstić information content (AvgIpc) is 3.07. The highest BCUT2D eigenvalue weighted by atomic mass is 16.7. The van der Waals surface area contributed by atoms with Crippen molar-refractivity contribution >= 4 is 18.2 Å². The minimum Gasteiger partial charge on any atom is -0.467 e. The van der Waals surface area contributed by atoms with Crippen molar-refractivity contribution in [3.05, 3.63) is 35.9 Å². The molecule has 1 saturated heterocycles. The molecule has 2 rings (SSSR count). The molecule has 0 saturated carbocycles. The summed E-state index contributed by atoms with van der Waals surface area (Å²) in [7, 11) is 1.26. The van der Waals surface area contributed by atoms with Gasteiger partial charge in [-0.15, -0.1) is 5.48 Å². The molecule has 1 aliphatic rings. The van der Waals surface area contributed by atoms with Crippen molar-refractivity contribution in [3.8, 4) is 0 Å². The van der Waals surface area contributed by atoms with Gasteiger partial charge < -0.3 is 19.6 Å². The second-order valence-electron chi connectivity index (χ2n) is 7.46. The first kappa shape index (κ1) is 21.5. The van der Waals surface area contributed by atoms with Gasteiger partial charge >= 0.3 is 18.2 Å². The molecule has 1 heterocycles. The van der Waals surface area contributed by atoms with Crippen molar-refractivity contribution in [2.24, 2.45) is 0 Å². The quantitative estimate of drug-likeness (QED) is 0.458. The summed E-state index contributed by atoms with van der Waals surface area (Å²) in [4.78, 5) is 42.1. The molecule has 0 spiro atoms. The molecular weight excluding hydrogens is 366 g/mol. The van der Waals surface area contributed by atoms with Crippen LogP contribution >= 0.6 is 0 Å². The molecule has 154 valence electrons. The first-order valence-corrected chi connectivity index (χ1v) is 9.01. The van der Waals surface area contributed by atoms with E-state index in [9.17, 15) is 14.4 Å². The van der Waals surface area contributed by atoms with Gasteiger partial charge in [-0.3, -0.25) is 4.90 Å². The molecule has 0 radical (unpaired) electrons. The maximum Gasteiger partial charge on any atom is 0.441 e. The standard InChI is InChI=1S/C19H27N3O6/c1-19(2,3)27-17(24)21-28-18(25)22-12-14(10-15(22)16(23)26-4)20-11-13-8-6-5-7-9-13/h5-9,14-15,20H,10-12H2,1-4H3,(H,21,24)/t14-,15+/m1/s1. The second-order valence-corrected chi connectivity index (χ2v) is 7.46. The first-order chi connectivity index (χ1) is 13.2. The molecule has 0 bridgehead atoms. The Bertz CT molecular complexity index is 689. The Morgan fingerprint density at radius 3 is 2.46 bits per heavy atom. The number of ether oxygens (including phenoxy) is 2. The number of hydrogen-bond donors (Lipinski definition) is 2. The van der Waals surface area contributed by atoms with E-state index in [-0.39, 0.29) is 12.6 Å². The fourth-order valence-corrected chi connectivity index (χ4v) is 2.85. The minimum absolute atomic E-state index is 0.126. The van der Waals surface area contributed by atoms with Crippen molar-refractivity contribution in [2.45, 2.75) is 51.4 Å². The fourth-order valence-electron chi connectivity index (χ4n) is 2.85. The number of carbonyl (C=O) groups excluding carboxylic acids is 3. The van der Waals surface area contributed by atoms with Gasteiger partial charge in [-0.25, -0.2) is 14.4 Å². The Hall–Kier alpha value is -2.81. The van der Waals surface area contributed by atoms with Gasteiger partial charge in [-0.2, -0.15) is 0 Å². The molecule has 9 heteroatoms. The molecule has 2 atom stereocenters. The van der Waals surface area contributed by atoms with Crippen LogP contribution in [0.1, 0.15) is 32.8 Å². The van der Waals surface area contributed by atoms with Crippen LogP contribution < -0.4 is 10.8 Å². The third-order valence-corrected chi connectivity index (χ3v) is 4.07. The smallest absolute Gasteiger partial charge is 0.441 e. The summed E-state index contributed by atoms with van der Waals surface area (Å²) in [5.41, 5.74) is 2.30. The molecule has 1 aliphatic heterocycles. The van der Waals surface area contributed by atoms with Crippen molar-refractivity contribution in [1.82, 2.24) is 15.7 Å². The SMILES string of the molecule is COC(=O)[C@@H]1C[C@@H](NCc2ccccc2)CN1C(=O)ONC(=O)OC(C)(C)C. The Labute approximate surface area is 164 Å². The third-order valence-electron chi connectivity index (χ3n) is 4.07. The summed E-state index contributed by atoms with van der Waals surface area (Å²) < 4.78 is 9.79. The third kappa shape index (κ3) is 6.41. The van der Waals surface area contributed by atoms with E-state index < -0.39 is 29.8 Å². The van der Waals surface area contributed by atoms with Gasteiger partial charge in [-0.1, -0.05) is 30.3 Å². The molecule has 2 amide bonds. The Balaban J connectivity index is 1.93. The van der Waals surface area contributed by atoms with Gasteiger partial charge in [-0.05, 0) is 32.8 Å². The number of likely N-dealkylation sites (tertiary alicyclic amines) is 1. The molecule has 1 aromatic carbocycles. The summed E-state index contributed by atoms with van der Waals surface area (Å²) in [6.45, 7) is 5.89. The van der Waals surface area contributed by atoms with E-state index in [1.165, 1.54) is 12.0 Å². The summed E-state index contributed by atoms with van der Waals surface area (Å²) >= 11 is 0. The van der Waals surface area contributed by atoms with Gasteiger partial charge in [0, 0.05) is 19.1 Å². The van der Waals surface area contributed by atoms with Crippen molar-refractivity contribution in [2.75, 3.05) is 13.7 Å². The van der Waals surface area contributed by atoms with Crippen molar-refractivity contribution in [1.29, 1.82) is 0 Å². The fraction of sp³-hybridized carbons (Fsp3) is 0.526. The predicted octanol–water partition coefficient (Wildman–Crippen LogP) is 1.97. The number of nitrogens with one attached hydrogen (secondary N) is 2. The van der Waals surface area contributed by atoms with E-state index in [0.717, 1.165) is 5.56 Å². The van der Waals surface area contributed by atoms with E-state index in [2.05, 4.69) is 5.32 Å². The van der Waals surface area contributed by atoms with Crippen LogP contribution in [-0.4, -0.2) is 54.4 Å². The van der Waals surface area contributed by atoms with Crippen LogP contribution in [0.15, 0.2) is 30.3 Å². The summed E-state index contributed by atoms with van der Waals surface area (Å²) in [6.07, 6.45) is -1.38. The highest BCUT2D eigenvalue weighted by Gasteiger charge is 2.41. The predicted molar refractivity (Wildman–Crippen MR) is 100 cm³/mol. The summed E-state index contributed by atoms with van der Waals surface area (Å²) in [6, 6.07) is 8.85. The zero-order valence-corrected chi connectivity index (χ0v) is 16.6. The number of amides is 2. The molecule has 1 fully saturated rings. The van der Waals surface area contributed by atoms with Crippen molar-refractivity contribution in [3.63, 3.8) is 0 Å². The van der Waals surface area contributed by atoms with Crippen LogP contribution in [0.3, 0.4) is 0 Å². The number of hydroxylamine groups is 1. The number of benzene rings is 1. The van der Waals surface area contributed by atoms with Crippen LogP contribution in [0, 0.1) is 0 Å². The number of methoxy groups -OCH3 is 1. The molecule has 2 N–H and O–H groups in total. The number of carbonyl (C=O) groups is 3. The van der Waals surface area contributed by atoms with E-state index >= 15 is 0 Å². The lowest BCUT2D eigenvalue weighted by molar-refractivity contribution is -0.145. The lowest BCUT2D eigenvalue weighted by atomic mass is 10.1. The van der Waals surface area contributed by atoms with Crippen LogP contribution in [0.25, 0.3) is 0 Å². The zero-order chi connectivity index (χ0) is 20.7. The van der Waals surface area contributed by atoms with Gasteiger partial charge in [0.1, 0.15) is 11.6 Å². The minimum atomic E-state index is -0.895. The number of nitrogens with zero attached hydrogens (tertiary/aromatic N) is 1. The Kier molecular flexibility index (Phi) is 7.22. The average molecular weight is 393 g/mol. The lowest BCUT2D eigenvalue weighted by Gasteiger charge is -2.23. The van der Waals surface area contributed by atoms with E-state index in [4.69, 9.17) is 14.3 Å². The molecule has 0 unspecified atom stereocenters. The topological polar surface area (TPSA) is 106 Å². The van der Waals surface area contributed by atoms with E-state index in [1.54, 1.807) is 20.8 Å². The van der Waals surface area contributed by atoms with Crippen LogP contribution in [-0.2, 0) is 25.7 Å². The highest BCUT2D eigenvalue weighted by molar-refractivity contribution is 5.82. The van der Waals surface area contributed by atoms with Crippen LogP contribution in [0.4, 0.5) is 9.59 Å². The molecule has 9 nitrogen and oxygen atoms in total. The van der Waals surface area contributed by atoms with E-state index in [0.29, 0.717) is 13.0 Å². The number of hydrogen-bond acceptors (Lipinski definition) is 7. The second kappa shape index (κ2) is 9.41. The van der Waals surface area contributed by atoms with Gasteiger partial charge in [0.05, 0.1) is 7.11 Å². The Morgan fingerprint density at radius 2 is 1.86 bits per heavy atom. The molecule has 0 aromatic heterocycles. The van der Waals surface area contributed by atoms with Crippen molar-refractivity contribution < 1.29 is 28.7 Å². The van der Waals surface area contributed by atoms with Crippen LogP contribution in [0.5, 0.6) is 0 Å². The maximum atomic E-state index is 12.4. The van der Waals surface area contributed by atoms with E-state index in [1.807, 2.05) is 35.8 Å². The Morgan fingerprint density at radius 1 is 1.18 bits per heavy atom. The van der Waals surface area contributed by atoms with Crippen LogP contribution in [0.2, 0.25) is 0 Å². The summed E-state index contributed by atoms with van der Waals surface area (Å²) in [5.74, 6) is -0.543. The maximum absolute atomic E-state index is 12.4. The lowest BCUT2D eigenvalue weighted by Crippen LogP contribution is -2.45. The first-order valence-electron chi connectivity index (χ1n) is 9.01. The molecular formula is C19H27N3O6. The normalized spacial score (nSPS) is 19.1. The monoisotopic (exact) mass is 393 g/mol. The largest absolute Gasteiger partial charge is 0.467 e. The summed E-state index contributed by atoms with van der Waals surface area (Å²) in [5, 5.41) is 3.32. The number of esters is 1.